The predicted molar refractivity (Wildman–Crippen MR) is 60.9 cm³/mol. The zero-order valence-electron chi connectivity index (χ0n) is 8.89. The minimum atomic E-state index is -0.171. The molecule has 82 valence electrons. The second-order valence-corrected chi connectivity index (χ2v) is 5.08. The van der Waals surface area contributed by atoms with Crippen molar-refractivity contribution in [3.8, 4) is 0 Å². The fraction of sp³-hybridized carbons (Fsp3) is 0.385. The minimum Gasteiger partial charge on any atom is -0.361 e. The van der Waals surface area contributed by atoms with Gasteiger partial charge in [-0.05, 0) is 42.6 Å². The average Bonchev–Trinajstić information content (AvgIpc) is 2.69. The van der Waals surface area contributed by atoms with Gasteiger partial charge in [-0.2, -0.15) is 0 Å². The summed E-state index contributed by atoms with van der Waals surface area (Å²) in [6.45, 7) is 2.20. The molecule has 1 saturated heterocycles. The lowest BCUT2D eigenvalue weighted by atomic mass is 9.95. The van der Waals surface area contributed by atoms with Crippen molar-refractivity contribution in [2.24, 2.45) is 5.92 Å². The number of piperidine rings is 1. The molecule has 0 radical (unpaired) electrons. The first kappa shape index (κ1) is 8.76. The molecule has 1 aromatic carbocycles. The summed E-state index contributed by atoms with van der Waals surface area (Å²) in [7, 11) is 0. The molecule has 3 heteroatoms. The average molecular weight is 216 g/mol. The molecule has 2 aromatic rings. The maximum atomic E-state index is 13.1. The van der Waals surface area contributed by atoms with E-state index in [2.05, 4.69) is 16.5 Å². The molecule has 2 nitrogen and oxygen atoms in total. The van der Waals surface area contributed by atoms with Gasteiger partial charge in [0.1, 0.15) is 5.82 Å². The van der Waals surface area contributed by atoms with Crippen molar-refractivity contribution >= 4 is 10.9 Å². The number of fused-ring (bicyclic) bond motifs is 2. The first-order chi connectivity index (χ1) is 7.79. The van der Waals surface area contributed by atoms with Crippen LogP contribution in [0.25, 0.3) is 10.9 Å². The lowest BCUT2D eigenvalue weighted by molar-refractivity contribution is 0.629. The molecule has 2 unspecified atom stereocenters. The summed E-state index contributed by atoms with van der Waals surface area (Å²) in [5, 5.41) is 4.63. The number of rotatable bonds is 1. The quantitative estimate of drug-likeness (QED) is 0.751. The number of halogens is 1. The Hall–Kier alpha value is -1.35. The lowest BCUT2D eigenvalue weighted by Crippen LogP contribution is -2.18. The van der Waals surface area contributed by atoms with E-state index in [1.165, 1.54) is 17.4 Å². The Kier molecular flexibility index (Phi) is 1.46. The number of hydrogen-bond donors (Lipinski definition) is 2. The van der Waals surface area contributed by atoms with E-state index >= 15 is 0 Å². The fourth-order valence-electron chi connectivity index (χ4n) is 3.27. The Balaban J connectivity index is 1.93. The van der Waals surface area contributed by atoms with Crippen LogP contribution in [-0.2, 0) is 5.41 Å². The first-order valence-corrected chi connectivity index (χ1v) is 5.77. The molecule has 1 aliphatic heterocycles. The van der Waals surface area contributed by atoms with E-state index in [9.17, 15) is 4.39 Å². The lowest BCUT2D eigenvalue weighted by Gasteiger charge is -2.10. The van der Waals surface area contributed by atoms with Gasteiger partial charge in [0.25, 0.3) is 0 Å². The Morgan fingerprint density at radius 1 is 1.38 bits per heavy atom. The summed E-state index contributed by atoms with van der Waals surface area (Å²) in [5.41, 5.74) is 2.63. The van der Waals surface area contributed by atoms with E-state index in [0.717, 1.165) is 24.5 Å². The molecular weight excluding hydrogens is 203 g/mol. The van der Waals surface area contributed by atoms with Gasteiger partial charge in [0.05, 0.1) is 0 Å². The Labute approximate surface area is 92.9 Å². The van der Waals surface area contributed by atoms with Gasteiger partial charge in [0.2, 0.25) is 0 Å². The van der Waals surface area contributed by atoms with Crippen LogP contribution in [0.4, 0.5) is 4.39 Å². The molecule has 2 N–H and O–H groups in total. The van der Waals surface area contributed by atoms with Gasteiger partial charge >= 0.3 is 0 Å². The summed E-state index contributed by atoms with van der Waals surface area (Å²) in [4.78, 5) is 3.19. The van der Waals surface area contributed by atoms with Crippen molar-refractivity contribution in [2.75, 3.05) is 13.1 Å². The van der Waals surface area contributed by atoms with Gasteiger partial charge < -0.3 is 10.3 Å². The Morgan fingerprint density at radius 2 is 2.31 bits per heavy atom. The molecule has 4 rings (SSSR count). The molecular formula is C13H13FN2. The summed E-state index contributed by atoms with van der Waals surface area (Å²) in [6, 6.07) is 5.03. The van der Waals surface area contributed by atoms with Gasteiger partial charge in [-0.15, -0.1) is 0 Å². The van der Waals surface area contributed by atoms with Gasteiger partial charge in [-0.25, -0.2) is 4.39 Å². The third-order valence-corrected chi connectivity index (χ3v) is 4.24. The molecule has 2 aliphatic rings. The second-order valence-electron chi connectivity index (χ2n) is 5.08. The van der Waals surface area contributed by atoms with Crippen LogP contribution in [0.1, 0.15) is 12.0 Å². The zero-order chi connectivity index (χ0) is 10.8. The van der Waals surface area contributed by atoms with Crippen molar-refractivity contribution < 1.29 is 4.39 Å². The number of aromatic amines is 1. The van der Waals surface area contributed by atoms with Gasteiger partial charge in [0, 0.05) is 29.1 Å². The Bertz CT molecular complexity index is 574. The zero-order valence-corrected chi connectivity index (χ0v) is 8.89. The van der Waals surface area contributed by atoms with E-state index in [1.54, 1.807) is 12.1 Å². The molecule has 2 heterocycles. The third kappa shape index (κ3) is 0.944. The number of hydrogen-bond acceptors (Lipinski definition) is 1. The van der Waals surface area contributed by atoms with Crippen LogP contribution < -0.4 is 5.32 Å². The van der Waals surface area contributed by atoms with E-state index in [4.69, 9.17) is 0 Å². The normalized spacial score (nSPS) is 31.9. The smallest absolute Gasteiger partial charge is 0.125 e. The molecule has 1 aliphatic carbocycles. The van der Waals surface area contributed by atoms with Gasteiger partial charge in [-0.1, -0.05) is 0 Å². The monoisotopic (exact) mass is 216 g/mol. The summed E-state index contributed by atoms with van der Waals surface area (Å²) >= 11 is 0. The molecule has 2 fully saturated rings. The van der Waals surface area contributed by atoms with E-state index in [1.807, 2.05) is 6.07 Å². The van der Waals surface area contributed by atoms with Crippen LogP contribution in [0.3, 0.4) is 0 Å². The van der Waals surface area contributed by atoms with Crippen LogP contribution in [0.15, 0.2) is 24.4 Å². The molecule has 0 spiro atoms. The summed E-state index contributed by atoms with van der Waals surface area (Å²) in [5.74, 6) is 0.617. The van der Waals surface area contributed by atoms with Crippen molar-refractivity contribution in [1.82, 2.24) is 10.3 Å². The molecule has 1 saturated carbocycles. The number of benzene rings is 1. The highest BCUT2D eigenvalue weighted by molar-refractivity contribution is 5.85. The minimum absolute atomic E-state index is 0.171. The molecule has 2 atom stereocenters. The predicted octanol–water partition coefficient (Wildman–Crippen LogP) is 2.17. The van der Waals surface area contributed by atoms with Crippen LogP contribution in [-0.4, -0.2) is 18.1 Å². The molecule has 0 amide bonds. The van der Waals surface area contributed by atoms with Crippen LogP contribution in [0, 0.1) is 11.7 Å². The van der Waals surface area contributed by atoms with Crippen LogP contribution in [0.5, 0.6) is 0 Å². The van der Waals surface area contributed by atoms with Gasteiger partial charge in [0.15, 0.2) is 0 Å². The van der Waals surface area contributed by atoms with Crippen molar-refractivity contribution in [3.05, 3.63) is 35.8 Å². The maximum absolute atomic E-state index is 13.1. The molecule has 1 aromatic heterocycles. The largest absolute Gasteiger partial charge is 0.361 e. The number of aromatic nitrogens is 1. The van der Waals surface area contributed by atoms with E-state index in [-0.39, 0.29) is 5.82 Å². The first-order valence-electron chi connectivity index (χ1n) is 5.77. The highest BCUT2D eigenvalue weighted by Gasteiger charge is 2.58. The van der Waals surface area contributed by atoms with Crippen LogP contribution in [0.2, 0.25) is 0 Å². The standard InChI is InChI=1S/C13H13FN2/c14-9-1-2-10-11(6-16-12(10)3-9)13-4-8(13)5-15-7-13/h1-3,6,8,15-16H,4-5,7H2. The number of H-pyrrole nitrogens is 1. The van der Waals surface area contributed by atoms with Crippen molar-refractivity contribution in [2.45, 2.75) is 11.8 Å². The second kappa shape index (κ2) is 2.66. The topological polar surface area (TPSA) is 27.8 Å². The highest BCUT2D eigenvalue weighted by Crippen LogP contribution is 2.57. The molecule has 16 heavy (non-hydrogen) atoms. The van der Waals surface area contributed by atoms with Crippen molar-refractivity contribution in [3.63, 3.8) is 0 Å². The summed E-state index contributed by atoms with van der Waals surface area (Å²) < 4.78 is 13.1. The third-order valence-electron chi connectivity index (χ3n) is 4.24. The van der Waals surface area contributed by atoms with Crippen LogP contribution >= 0.6 is 0 Å². The van der Waals surface area contributed by atoms with E-state index in [0.29, 0.717) is 5.41 Å². The highest BCUT2D eigenvalue weighted by atomic mass is 19.1. The van der Waals surface area contributed by atoms with Gasteiger partial charge in [-0.3, -0.25) is 0 Å². The SMILES string of the molecule is Fc1ccc2c(C34CNCC3C4)c[nH]c2c1. The maximum Gasteiger partial charge on any atom is 0.125 e. The number of nitrogens with one attached hydrogen (secondary N) is 2. The molecule has 0 bridgehead atoms. The van der Waals surface area contributed by atoms with E-state index < -0.39 is 0 Å². The van der Waals surface area contributed by atoms with Crippen molar-refractivity contribution in [1.29, 1.82) is 0 Å². The fourth-order valence-corrected chi connectivity index (χ4v) is 3.27. The Morgan fingerprint density at radius 3 is 3.06 bits per heavy atom. The summed E-state index contributed by atoms with van der Waals surface area (Å²) in [6.07, 6.45) is 3.35.